The molecule has 8 heteroatoms. The van der Waals surface area contributed by atoms with Gasteiger partial charge in [-0.05, 0) is 45.8 Å². The van der Waals surface area contributed by atoms with Crippen LogP contribution in [0.5, 0.6) is 0 Å². The number of nitrogens with zero attached hydrogens (tertiary/aromatic N) is 1. The maximum atomic E-state index is 12.0. The molecule has 3 N–H and O–H groups in total. The summed E-state index contributed by atoms with van der Waals surface area (Å²) in [6.45, 7) is 1.24. The van der Waals surface area contributed by atoms with Crippen LogP contribution >= 0.6 is 15.9 Å². The molecule has 0 atom stereocenters. The first kappa shape index (κ1) is 19.3. The average molecular weight is 417 g/mol. The van der Waals surface area contributed by atoms with E-state index in [-0.39, 0.29) is 18.4 Å². The minimum absolute atomic E-state index is 0.150. The van der Waals surface area contributed by atoms with Gasteiger partial charge in [0.25, 0.3) is 11.8 Å². The Morgan fingerprint density at radius 3 is 2.42 bits per heavy atom. The lowest BCUT2D eigenvalue weighted by atomic mass is 10.2. The Hall–Kier alpha value is -3.00. The summed E-state index contributed by atoms with van der Waals surface area (Å²) in [5, 5.41) is 9.00. The average Bonchev–Trinajstić information content (AvgIpc) is 2.61. The molecule has 0 saturated carbocycles. The van der Waals surface area contributed by atoms with E-state index in [2.05, 4.69) is 37.1 Å². The highest BCUT2D eigenvalue weighted by Crippen LogP contribution is 2.15. The normalized spacial score (nSPS) is 10.4. The zero-order valence-electron chi connectivity index (χ0n) is 14.0. The predicted octanol–water partition coefficient (Wildman–Crippen LogP) is 2.29. The second kappa shape index (κ2) is 9.47. The van der Waals surface area contributed by atoms with Crippen LogP contribution in [0.3, 0.4) is 0 Å². The fourth-order valence-electron chi connectivity index (χ4n) is 1.98. The number of carbonyl (C=O) groups is 3. The minimum atomic E-state index is -0.448. The number of hydrazone groups is 1. The van der Waals surface area contributed by atoms with Gasteiger partial charge in [0.2, 0.25) is 5.91 Å². The number of nitrogens with one attached hydrogen (secondary N) is 3. The Bertz CT molecular complexity index is 835. The van der Waals surface area contributed by atoms with E-state index in [1.807, 2.05) is 0 Å². The molecule has 7 nitrogen and oxygen atoms in total. The molecule has 3 amide bonds. The lowest BCUT2D eigenvalue weighted by molar-refractivity contribution is -0.120. The van der Waals surface area contributed by atoms with E-state index in [1.165, 1.54) is 13.1 Å². The highest BCUT2D eigenvalue weighted by atomic mass is 79.9. The number of benzene rings is 2. The first-order chi connectivity index (χ1) is 12.5. The van der Waals surface area contributed by atoms with Crippen LogP contribution in [0.25, 0.3) is 0 Å². The first-order valence-electron chi connectivity index (χ1n) is 7.68. The highest BCUT2D eigenvalue weighted by Gasteiger charge is 2.10. The van der Waals surface area contributed by atoms with Crippen molar-refractivity contribution in [2.45, 2.75) is 6.92 Å². The molecule has 2 aromatic rings. The fourth-order valence-corrected chi connectivity index (χ4v) is 2.44. The lowest BCUT2D eigenvalue weighted by Gasteiger charge is -2.05. The van der Waals surface area contributed by atoms with Crippen molar-refractivity contribution in [1.82, 2.24) is 10.7 Å². The van der Waals surface area contributed by atoms with Gasteiger partial charge in [-0.3, -0.25) is 14.4 Å². The fraction of sp³-hybridized carbons (Fsp3) is 0.111. The van der Waals surface area contributed by atoms with Crippen molar-refractivity contribution in [2.24, 2.45) is 5.10 Å². The van der Waals surface area contributed by atoms with Gasteiger partial charge in [-0.1, -0.05) is 24.3 Å². The molecule has 0 aliphatic heterocycles. The molecular formula is C18H17BrN4O3. The van der Waals surface area contributed by atoms with E-state index >= 15 is 0 Å². The number of anilines is 1. The van der Waals surface area contributed by atoms with Gasteiger partial charge < -0.3 is 10.6 Å². The van der Waals surface area contributed by atoms with Crippen LogP contribution in [0, 0.1) is 0 Å². The number of carbonyl (C=O) groups excluding carboxylic acids is 3. The summed E-state index contributed by atoms with van der Waals surface area (Å²) in [6.07, 6.45) is 1.46. The van der Waals surface area contributed by atoms with Gasteiger partial charge in [0, 0.05) is 17.1 Å². The van der Waals surface area contributed by atoms with Gasteiger partial charge in [-0.2, -0.15) is 5.10 Å². The number of amides is 3. The largest absolute Gasteiger partial charge is 0.343 e. The molecule has 0 fully saturated rings. The van der Waals surface area contributed by atoms with Crippen LogP contribution in [0.15, 0.2) is 58.1 Å². The number of rotatable bonds is 6. The summed E-state index contributed by atoms with van der Waals surface area (Å²) in [7, 11) is 0. The molecule has 0 unspecified atom stereocenters. The van der Waals surface area contributed by atoms with Gasteiger partial charge >= 0.3 is 0 Å². The van der Waals surface area contributed by atoms with Crippen LogP contribution in [0.2, 0.25) is 0 Å². The Morgan fingerprint density at radius 2 is 1.77 bits per heavy atom. The summed E-state index contributed by atoms with van der Waals surface area (Å²) >= 11 is 3.28. The molecule has 0 radical (unpaired) electrons. The van der Waals surface area contributed by atoms with Crippen molar-refractivity contribution in [1.29, 1.82) is 0 Å². The second-order valence-corrected chi connectivity index (χ2v) is 6.11. The Balaban J connectivity index is 1.79. The monoisotopic (exact) mass is 416 g/mol. The molecule has 0 aliphatic carbocycles. The van der Waals surface area contributed by atoms with E-state index < -0.39 is 5.91 Å². The second-order valence-electron chi connectivity index (χ2n) is 5.26. The SMILES string of the molecule is CC(=O)Nc1ccc(/C=N/NC(=O)CNC(=O)c2ccccc2Br)cc1. The molecule has 0 aliphatic rings. The van der Waals surface area contributed by atoms with E-state index in [0.717, 1.165) is 5.56 Å². The van der Waals surface area contributed by atoms with Gasteiger partial charge in [0.05, 0.1) is 18.3 Å². The topological polar surface area (TPSA) is 99.7 Å². The summed E-state index contributed by atoms with van der Waals surface area (Å²) in [4.78, 5) is 34.7. The van der Waals surface area contributed by atoms with E-state index in [9.17, 15) is 14.4 Å². The molecule has 26 heavy (non-hydrogen) atoms. The van der Waals surface area contributed by atoms with Crippen molar-refractivity contribution in [3.05, 3.63) is 64.1 Å². The number of halogens is 1. The predicted molar refractivity (Wildman–Crippen MR) is 103 cm³/mol. The first-order valence-corrected chi connectivity index (χ1v) is 8.47. The van der Waals surface area contributed by atoms with Crippen LogP contribution in [-0.4, -0.2) is 30.5 Å². The minimum Gasteiger partial charge on any atom is -0.343 e. The van der Waals surface area contributed by atoms with Crippen molar-refractivity contribution in [3.8, 4) is 0 Å². The van der Waals surface area contributed by atoms with Crippen molar-refractivity contribution < 1.29 is 14.4 Å². The number of hydrogen-bond donors (Lipinski definition) is 3. The van der Waals surface area contributed by atoms with Gasteiger partial charge in [-0.25, -0.2) is 5.43 Å². The molecule has 2 rings (SSSR count). The maximum Gasteiger partial charge on any atom is 0.259 e. The molecule has 0 heterocycles. The zero-order chi connectivity index (χ0) is 18.9. The molecule has 134 valence electrons. The molecule has 0 aromatic heterocycles. The molecule has 0 spiro atoms. The Labute approximate surface area is 159 Å². The molecule has 0 bridgehead atoms. The van der Waals surface area contributed by atoms with E-state index in [4.69, 9.17) is 0 Å². The third-order valence-corrected chi connectivity index (χ3v) is 3.85. The van der Waals surface area contributed by atoms with Crippen LogP contribution in [0.1, 0.15) is 22.8 Å². The van der Waals surface area contributed by atoms with Crippen LogP contribution in [-0.2, 0) is 9.59 Å². The summed E-state index contributed by atoms with van der Waals surface area (Å²) < 4.78 is 0.652. The van der Waals surface area contributed by atoms with Crippen molar-refractivity contribution >= 4 is 45.6 Å². The van der Waals surface area contributed by atoms with E-state index in [1.54, 1.807) is 48.5 Å². The third kappa shape index (κ3) is 6.14. The van der Waals surface area contributed by atoms with Gasteiger partial charge in [0.15, 0.2) is 0 Å². The molecule has 2 aromatic carbocycles. The Kier molecular flexibility index (Phi) is 7.04. The Morgan fingerprint density at radius 1 is 1.08 bits per heavy atom. The molecular weight excluding hydrogens is 400 g/mol. The smallest absolute Gasteiger partial charge is 0.259 e. The molecule has 0 saturated heterocycles. The summed E-state index contributed by atoms with van der Waals surface area (Å²) in [5.74, 6) is -0.954. The van der Waals surface area contributed by atoms with Crippen molar-refractivity contribution in [2.75, 3.05) is 11.9 Å². The van der Waals surface area contributed by atoms with Gasteiger partial charge in [-0.15, -0.1) is 0 Å². The summed E-state index contributed by atoms with van der Waals surface area (Å²) in [6, 6.07) is 13.9. The van der Waals surface area contributed by atoms with Crippen LogP contribution in [0.4, 0.5) is 5.69 Å². The highest BCUT2D eigenvalue weighted by molar-refractivity contribution is 9.10. The van der Waals surface area contributed by atoms with Crippen LogP contribution < -0.4 is 16.1 Å². The van der Waals surface area contributed by atoms with E-state index in [0.29, 0.717) is 15.7 Å². The third-order valence-electron chi connectivity index (χ3n) is 3.16. The summed E-state index contributed by atoms with van der Waals surface area (Å²) in [5.41, 5.74) is 4.20. The quantitative estimate of drug-likeness (QED) is 0.497. The standard InChI is InChI=1S/C18H17BrN4O3/c1-12(24)22-14-8-6-13(7-9-14)10-21-23-17(25)11-20-18(26)15-4-2-3-5-16(15)19/h2-10H,11H2,1H3,(H,20,26)(H,22,24)(H,23,25)/b21-10+. The number of hydrogen-bond acceptors (Lipinski definition) is 4. The van der Waals surface area contributed by atoms with Gasteiger partial charge in [0.1, 0.15) is 0 Å². The zero-order valence-corrected chi connectivity index (χ0v) is 15.5. The van der Waals surface area contributed by atoms with Crippen molar-refractivity contribution in [3.63, 3.8) is 0 Å². The lowest BCUT2D eigenvalue weighted by Crippen LogP contribution is -2.35. The maximum absolute atomic E-state index is 12.0.